The van der Waals surface area contributed by atoms with E-state index in [1.165, 1.54) is 10.4 Å². The molecule has 0 bridgehead atoms. The number of anilines is 1. The Kier molecular flexibility index (Phi) is 4.56. The molecule has 2 rings (SSSR count). The first-order chi connectivity index (χ1) is 9.19. The maximum absolute atomic E-state index is 8.81. The van der Waals surface area contributed by atoms with E-state index in [0.717, 1.165) is 24.3 Å². The highest BCUT2D eigenvalue weighted by atomic mass is 32.1. The molecule has 3 nitrogen and oxygen atoms in total. The number of nitrogens with zero attached hydrogens (tertiary/aromatic N) is 2. The summed E-state index contributed by atoms with van der Waals surface area (Å²) in [5.41, 5.74) is 3.18. The average Bonchev–Trinajstić information content (AvgIpc) is 2.85. The molecule has 0 radical (unpaired) electrons. The Balaban J connectivity index is 2.05. The monoisotopic (exact) mass is 271 g/mol. The third-order valence-electron chi connectivity index (χ3n) is 2.74. The van der Waals surface area contributed by atoms with Gasteiger partial charge in [-0.1, -0.05) is 18.2 Å². The van der Waals surface area contributed by atoms with E-state index < -0.39 is 0 Å². The van der Waals surface area contributed by atoms with Crippen molar-refractivity contribution in [3.05, 3.63) is 51.7 Å². The van der Waals surface area contributed by atoms with E-state index in [2.05, 4.69) is 48.6 Å². The SMILES string of the molecule is CN(C)Cc1ccccc1NCc1cc(C#N)cs1. The van der Waals surface area contributed by atoms with Gasteiger partial charge in [-0.2, -0.15) is 5.26 Å². The number of para-hydroxylation sites is 1. The van der Waals surface area contributed by atoms with Crippen molar-refractivity contribution in [2.45, 2.75) is 13.1 Å². The zero-order valence-electron chi connectivity index (χ0n) is 11.2. The summed E-state index contributed by atoms with van der Waals surface area (Å²) in [7, 11) is 4.13. The summed E-state index contributed by atoms with van der Waals surface area (Å²) in [5.74, 6) is 0. The van der Waals surface area contributed by atoms with Crippen LogP contribution in [0.2, 0.25) is 0 Å². The lowest BCUT2D eigenvalue weighted by Crippen LogP contribution is -2.12. The summed E-state index contributed by atoms with van der Waals surface area (Å²) in [6, 6.07) is 12.4. The molecule has 98 valence electrons. The van der Waals surface area contributed by atoms with Gasteiger partial charge in [0.2, 0.25) is 0 Å². The van der Waals surface area contributed by atoms with Crippen molar-refractivity contribution in [3.63, 3.8) is 0 Å². The minimum atomic E-state index is 0.739. The molecule has 1 aromatic heterocycles. The standard InChI is InChI=1S/C15H17N3S/c1-18(2)10-13-5-3-4-6-15(13)17-9-14-7-12(8-16)11-19-14/h3-7,11,17H,9-10H2,1-2H3. The number of hydrogen-bond donors (Lipinski definition) is 1. The second kappa shape index (κ2) is 6.37. The molecule has 0 atom stereocenters. The number of thiophene rings is 1. The van der Waals surface area contributed by atoms with Crippen molar-refractivity contribution in [1.82, 2.24) is 4.90 Å². The largest absolute Gasteiger partial charge is 0.380 e. The maximum Gasteiger partial charge on any atom is 0.100 e. The Morgan fingerprint density at radius 2 is 2.11 bits per heavy atom. The Bertz CT molecular complexity index is 581. The fourth-order valence-electron chi connectivity index (χ4n) is 1.89. The van der Waals surface area contributed by atoms with Gasteiger partial charge in [-0.25, -0.2) is 0 Å². The van der Waals surface area contributed by atoms with Crippen LogP contribution in [0.15, 0.2) is 35.7 Å². The van der Waals surface area contributed by atoms with Gasteiger partial charge in [0.1, 0.15) is 6.07 Å². The molecule has 0 aliphatic rings. The van der Waals surface area contributed by atoms with E-state index in [0.29, 0.717) is 0 Å². The topological polar surface area (TPSA) is 39.1 Å². The normalized spacial score (nSPS) is 10.4. The molecule has 2 aromatic rings. The van der Waals surface area contributed by atoms with Crippen LogP contribution in [-0.2, 0) is 13.1 Å². The minimum Gasteiger partial charge on any atom is -0.380 e. The highest BCUT2D eigenvalue weighted by Crippen LogP contribution is 2.19. The number of benzene rings is 1. The smallest absolute Gasteiger partial charge is 0.100 e. The Labute approximate surface area is 118 Å². The number of hydrogen-bond acceptors (Lipinski definition) is 4. The van der Waals surface area contributed by atoms with Gasteiger partial charge in [0, 0.05) is 29.0 Å². The maximum atomic E-state index is 8.81. The van der Waals surface area contributed by atoms with Gasteiger partial charge in [0.25, 0.3) is 0 Å². The van der Waals surface area contributed by atoms with Gasteiger partial charge in [-0.15, -0.1) is 11.3 Å². The van der Waals surface area contributed by atoms with Crippen molar-refractivity contribution in [2.24, 2.45) is 0 Å². The lowest BCUT2D eigenvalue weighted by molar-refractivity contribution is 0.403. The molecule has 1 heterocycles. The van der Waals surface area contributed by atoms with Crippen LogP contribution in [-0.4, -0.2) is 19.0 Å². The predicted molar refractivity (Wildman–Crippen MR) is 80.2 cm³/mol. The lowest BCUT2D eigenvalue weighted by Gasteiger charge is -2.15. The van der Waals surface area contributed by atoms with Gasteiger partial charge in [0.05, 0.1) is 5.56 Å². The molecule has 19 heavy (non-hydrogen) atoms. The van der Waals surface area contributed by atoms with E-state index in [9.17, 15) is 0 Å². The summed E-state index contributed by atoms with van der Waals surface area (Å²) >= 11 is 1.62. The fourth-order valence-corrected chi connectivity index (χ4v) is 2.64. The molecule has 0 aliphatic carbocycles. The molecule has 0 saturated heterocycles. The van der Waals surface area contributed by atoms with Gasteiger partial charge in [-0.05, 0) is 31.8 Å². The van der Waals surface area contributed by atoms with Gasteiger partial charge in [0.15, 0.2) is 0 Å². The first-order valence-corrected chi connectivity index (χ1v) is 7.01. The number of rotatable bonds is 5. The van der Waals surface area contributed by atoms with Crippen molar-refractivity contribution in [3.8, 4) is 6.07 Å². The van der Waals surface area contributed by atoms with Crippen LogP contribution in [0, 0.1) is 11.3 Å². The molecule has 0 spiro atoms. The van der Waals surface area contributed by atoms with Crippen LogP contribution < -0.4 is 5.32 Å². The molecule has 0 saturated carbocycles. The lowest BCUT2D eigenvalue weighted by atomic mass is 10.1. The average molecular weight is 271 g/mol. The number of nitrogens with one attached hydrogen (secondary N) is 1. The van der Waals surface area contributed by atoms with Gasteiger partial charge in [-0.3, -0.25) is 0 Å². The molecule has 0 amide bonds. The summed E-state index contributed by atoms with van der Waals surface area (Å²) < 4.78 is 0. The zero-order chi connectivity index (χ0) is 13.7. The highest BCUT2D eigenvalue weighted by molar-refractivity contribution is 7.10. The third-order valence-corrected chi connectivity index (χ3v) is 3.68. The third kappa shape index (κ3) is 3.82. The van der Waals surface area contributed by atoms with Crippen LogP contribution in [0.3, 0.4) is 0 Å². The zero-order valence-corrected chi connectivity index (χ0v) is 12.0. The fraction of sp³-hybridized carbons (Fsp3) is 0.267. The summed E-state index contributed by atoms with van der Waals surface area (Å²) in [4.78, 5) is 3.33. The quantitative estimate of drug-likeness (QED) is 0.907. The molecular weight excluding hydrogens is 254 g/mol. The second-order valence-corrected chi connectivity index (χ2v) is 5.66. The van der Waals surface area contributed by atoms with Crippen LogP contribution in [0.1, 0.15) is 16.0 Å². The molecule has 0 fully saturated rings. The van der Waals surface area contributed by atoms with E-state index in [1.54, 1.807) is 11.3 Å². The van der Waals surface area contributed by atoms with E-state index in [1.807, 2.05) is 17.5 Å². The summed E-state index contributed by atoms with van der Waals surface area (Å²) in [5, 5.41) is 14.1. The van der Waals surface area contributed by atoms with Crippen molar-refractivity contribution in [1.29, 1.82) is 5.26 Å². The van der Waals surface area contributed by atoms with Crippen molar-refractivity contribution in [2.75, 3.05) is 19.4 Å². The first-order valence-electron chi connectivity index (χ1n) is 6.13. The van der Waals surface area contributed by atoms with Crippen LogP contribution in [0.4, 0.5) is 5.69 Å². The molecular formula is C15H17N3S. The molecule has 1 N–H and O–H groups in total. The summed E-state index contributed by atoms with van der Waals surface area (Å²) in [6.07, 6.45) is 0. The molecule has 0 aliphatic heterocycles. The molecule has 4 heteroatoms. The van der Waals surface area contributed by atoms with E-state index >= 15 is 0 Å². The van der Waals surface area contributed by atoms with Crippen molar-refractivity contribution >= 4 is 17.0 Å². The Hall–Kier alpha value is -1.83. The number of nitriles is 1. The Morgan fingerprint density at radius 1 is 1.32 bits per heavy atom. The Morgan fingerprint density at radius 3 is 2.79 bits per heavy atom. The van der Waals surface area contributed by atoms with Gasteiger partial charge < -0.3 is 10.2 Å². The minimum absolute atomic E-state index is 0.739. The molecule has 0 unspecified atom stereocenters. The highest BCUT2D eigenvalue weighted by Gasteiger charge is 2.04. The van der Waals surface area contributed by atoms with Gasteiger partial charge >= 0.3 is 0 Å². The predicted octanol–water partition coefficient (Wildman–Crippen LogP) is 3.29. The first kappa shape index (κ1) is 13.6. The van der Waals surface area contributed by atoms with Crippen LogP contribution >= 0.6 is 11.3 Å². The second-order valence-electron chi connectivity index (χ2n) is 4.66. The van der Waals surface area contributed by atoms with Crippen LogP contribution in [0.5, 0.6) is 0 Å². The van der Waals surface area contributed by atoms with Crippen molar-refractivity contribution < 1.29 is 0 Å². The molecule has 1 aromatic carbocycles. The summed E-state index contributed by atoms with van der Waals surface area (Å²) in [6.45, 7) is 1.67. The van der Waals surface area contributed by atoms with Crippen LogP contribution in [0.25, 0.3) is 0 Å². The van der Waals surface area contributed by atoms with E-state index in [-0.39, 0.29) is 0 Å². The van der Waals surface area contributed by atoms with E-state index in [4.69, 9.17) is 5.26 Å².